The highest BCUT2D eigenvalue weighted by molar-refractivity contribution is 7.08. The summed E-state index contributed by atoms with van der Waals surface area (Å²) >= 11 is 1.51. The molecule has 2 rings (SSSR count). The molecule has 1 saturated carbocycles. The number of esters is 1. The SMILES string of the molecule is O=C(OC1CC1)c1ccsc1. The van der Waals surface area contributed by atoms with Crippen LogP contribution in [0.4, 0.5) is 0 Å². The van der Waals surface area contributed by atoms with Gasteiger partial charge in [0.2, 0.25) is 0 Å². The van der Waals surface area contributed by atoms with Crippen LogP contribution in [0.1, 0.15) is 23.2 Å². The van der Waals surface area contributed by atoms with Crippen molar-refractivity contribution in [3.05, 3.63) is 22.4 Å². The smallest absolute Gasteiger partial charge is 0.339 e. The Bertz CT molecular complexity index is 249. The highest BCUT2D eigenvalue weighted by Gasteiger charge is 2.26. The Kier molecular flexibility index (Phi) is 1.66. The van der Waals surface area contributed by atoms with E-state index in [0.717, 1.165) is 12.8 Å². The summed E-state index contributed by atoms with van der Waals surface area (Å²) < 4.78 is 5.07. The lowest BCUT2D eigenvalue weighted by Crippen LogP contribution is -2.04. The van der Waals surface area contributed by atoms with Crippen LogP contribution < -0.4 is 0 Å². The molecule has 0 aromatic carbocycles. The molecule has 0 radical (unpaired) electrons. The van der Waals surface area contributed by atoms with Crippen LogP contribution in [0.5, 0.6) is 0 Å². The van der Waals surface area contributed by atoms with Crippen molar-refractivity contribution in [2.45, 2.75) is 18.9 Å². The van der Waals surface area contributed by atoms with Gasteiger partial charge in [0.1, 0.15) is 6.10 Å². The maximum Gasteiger partial charge on any atom is 0.339 e. The fraction of sp³-hybridized carbons (Fsp3) is 0.375. The molecule has 0 bridgehead atoms. The highest BCUT2D eigenvalue weighted by atomic mass is 32.1. The first-order valence-corrected chi connectivity index (χ1v) is 4.54. The Morgan fingerprint density at radius 2 is 2.45 bits per heavy atom. The van der Waals surface area contributed by atoms with Gasteiger partial charge in [-0.3, -0.25) is 0 Å². The molecule has 1 aliphatic carbocycles. The fourth-order valence-electron chi connectivity index (χ4n) is 0.786. The second-order valence-corrected chi connectivity index (χ2v) is 3.40. The third kappa shape index (κ3) is 1.60. The predicted molar refractivity (Wildman–Crippen MR) is 42.8 cm³/mol. The molecule has 1 aliphatic rings. The van der Waals surface area contributed by atoms with Gasteiger partial charge in [-0.25, -0.2) is 4.79 Å². The van der Waals surface area contributed by atoms with Crippen molar-refractivity contribution in [2.75, 3.05) is 0 Å². The molecule has 1 heterocycles. The Morgan fingerprint density at radius 1 is 1.64 bits per heavy atom. The van der Waals surface area contributed by atoms with Crippen molar-refractivity contribution in [3.8, 4) is 0 Å². The number of hydrogen-bond acceptors (Lipinski definition) is 3. The minimum Gasteiger partial charge on any atom is -0.459 e. The zero-order valence-corrected chi connectivity index (χ0v) is 6.76. The van der Waals surface area contributed by atoms with E-state index in [-0.39, 0.29) is 12.1 Å². The van der Waals surface area contributed by atoms with Crippen molar-refractivity contribution in [3.63, 3.8) is 0 Å². The molecule has 2 nitrogen and oxygen atoms in total. The molecule has 0 N–H and O–H groups in total. The number of hydrogen-bond donors (Lipinski definition) is 0. The zero-order valence-electron chi connectivity index (χ0n) is 5.95. The van der Waals surface area contributed by atoms with Gasteiger partial charge in [0.05, 0.1) is 5.56 Å². The molecular weight excluding hydrogens is 160 g/mol. The minimum absolute atomic E-state index is 0.172. The van der Waals surface area contributed by atoms with E-state index in [0.29, 0.717) is 5.56 Å². The summed E-state index contributed by atoms with van der Waals surface area (Å²) in [6.07, 6.45) is 2.29. The van der Waals surface area contributed by atoms with Gasteiger partial charge in [-0.05, 0) is 24.3 Å². The van der Waals surface area contributed by atoms with Crippen LogP contribution in [-0.4, -0.2) is 12.1 Å². The van der Waals surface area contributed by atoms with Crippen LogP contribution in [-0.2, 0) is 4.74 Å². The van der Waals surface area contributed by atoms with E-state index < -0.39 is 0 Å². The van der Waals surface area contributed by atoms with Crippen molar-refractivity contribution in [2.24, 2.45) is 0 Å². The normalized spacial score (nSPS) is 16.4. The van der Waals surface area contributed by atoms with E-state index in [9.17, 15) is 4.79 Å². The maximum absolute atomic E-state index is 11.1. The molecule has 3 heteroatoms. The molecule has 1 aromatic heterocycles. The van der Waals surface area contributed by atoms with E-state index in [1.807, 2.05) is 10.8 Å². The van der Waals surface area contributed by atoms with Crippen molar-refractivity contribution < 1.29 is 9.53 Å². The summed E-state index contributed by atoms with van der Waals surface area (Å²) in [5.41, 5.74) is 0.682. The lowest BCUT2D eigenvalue weighted by atomic mass is 10.3. The number of carbonyl (C=O) groups is 1. The van der Waals surface area contributed by atoms with E-state index in [2.05, 4.69) is 0 Å². The Hall–Kier alpha value is -0.830. The monoisotopic (exact) mass is 168 g/mol. The van der Waals surface area contributed by atoms with Crippen LogP contribution in [0.2, 0.25) is 0 Å². The molecule has 58 valence electrons. The molecule has 1 fully saturated rings. The fourth-order valence-corrected chi connectivity index (χ4v) is 1.41. The Morgan fingerprint density at radius 3 is 3.00 bits per heavy atom. The van der Waals surface area contributed by atoms with Crippen molar-refractivity contribution in [1.29, 1.82) is 0 Å². The number of rotatable bonds is 2. The lowest BCUT2D eigenvalue weighted by molar-refractivity contribution is 0.0473. The summed E-state index contributed by atoms with van der Waals surface area (Å²) in [4.78, 5) is 11.1. The maximum atomic E-state index is 11.1. The van der Waals surface area contributed by atoms with E-state index in [1.165, 1.54) is 11.3 Å². The van der Waals surface area contributed by atoms with Gasteiger partial charge in [-0.15, -0.1) is 0 Å². The average molecular weight is 168 g/mol. The molecule has 0 unspecified atom stereocenters. The predicted octanol–water partition coefficient (Wildman–Crippen LogP) is 2.07. The van der Waals surface area contributed by atoms with Gasteiger partial charge in [0.15, 0.2) is 0 Å². The highest BCUT2D eigenvalue weighted by Crippen LogP contribution is 2.24. The first kappa shape index (κ1) is 6.85. The molecule has 0 aliphatic heterocycles. The molecule has 0 amide bonds. The number of ether oxygens (including phenoxy) is 1. The Labute approximate surface area is 68.8 Å². The summed E-state index contributed by atoms with van der Waals surface area (Å²) in [6.45, 7) is 0. The van der Waals surface area contributed by atoms with Gasteiger partial charge >= 0.3 is 5.97 Å². The third-order valence-corrected chi connectivity index (χ3v) is 2.24. The zero-order chi connectivity index (χ0) is 7.68. The molecule has 0 saturated heterocycles. The van der Waals surface area contributed by atoms with Gasteiger partial charge in [0, 0.05) is 5.38 Å². The van der Waals surface area contributed by atoms with Crippen LogP contribution in [0.25, 0.3) is 0 Å². The van der Waals surface area contributed by atoms with Crippen molar-refractivity contribution in [1.82, 2.24) is 0 Å². The van der Waals surface area contributed by atoms with E-state index >= 15 is 0 Å². The average Bonchev–Trinajstić information content (AvgIpc) is 2.67. The van der Waals surface area contributed by atoms with Gasteiger partial charge in [-0.2, -0.15) is 11.3 Å². The van der Waals surface area contributed by atoms with Gasteiger partial charge in [0.25, 0.3) is 0 Å². The van der Waals surface area contributed by atoms with Crippen LogP contribution >= 0.6 is 11.3 Å². The largest absolute Gasteiger partial charge is 0.459 e. The van der Waals surface area contributed by atoms with Crippen LogP contribution in [0, 0.1) is 0 Å². The number of thiophene rings is 1. The first-order valence-electron chi connectivity index (χ1n) is 3.59. The summed E-state index contributed by atoms with van der Waals surface area (Å²) in [5, 5.41) is 3.69. The number of carbonyl (C=O) groups excluding carboxylic acids is 1. The van der Waals surface area contributed by atoms with E-state index in [4.69, 9.17) is 4.74 Å². The third-order valence-electron chi connectivity index (χ3n) is 1.55. The topological polar surface area (TPSA) is 26.3 Å². The summed E-state index contributed by atoms with van der Waals surface area (Å²) in [5.74, 6) is -0.172. The van der Waals surface area contributed by atoms with E-state index in [1.54, 1.807) is 6.07 Å². The first-order chi connectivity index (χ1) is 5.36. The summed E-state index contributed by atoms with van der Waals surface area (Å²) in [7, 11) is 0. The molecular formula is C8H8O2S. The molecule has 0 spiro atoms. The lowest BCUT2D eigenvalue weighted by Gasteiger charge is -1.98. The quantitative estimate of drug-likeness (QED) is 0.632. The molecule has 0 atom stereocenters. The standard InChI is InChI=1S/C8H8O2S/c9-8(10-7-1-2-7)6-3-4-11-5-6/h3-5,7H,1-2H2. The van der Waals surface area contributed by atoms with Crippen molar-refractivity contribution >= 4 is 17.3 Å². The van der Waals surface area contributed by atoms with Gasteiger partial charge in [-0.1, -0.05) is 0 Å². The Balaban J connectivity index is 1.99. The second-order valence-electron chi connectivity index (χ2n) is 2.62. The van der Waals surface area contributed by atoms with Gasteiger partial charge < -0.3 is 4.74 Å². The van der Waals surface area contributed by atoms with Crippen LogP contribution in [0.3, 0.4) is 0 Å². The molecule has 11 heavy (non-hydrogen) atoms. The molecule has 1 aromatic rings. The second kappa shape index (κ2) is 2.66. The minimum atomic E-state index is -0.172. The van der Waals surface area contributed by atoms with Crippen LogP contribution in [0.15, 0.2) is 16.8 Å². The summed E-state index contributed by atoms with van der Waals surface area (Å²) in [6, 6.07) is 1.79.